The summed E-state index contributed by atoms with van der Waals surface area (Å²) in [6.45, 7) is 2.34. The molecule has 0 N–H and O–H groups in total. The highest BCUT2D eigenvalue weighted by Gasteiger charge is 1.97. The Morgan fingerprint density at radius 2 is 1.00 bits per heavy atom. The highest BCUT2D eigenvalue weighted by molar-refractivity contribution is 5.22. The number of nitrogens with zero attached hydrogens (tertiary/aromatic N) is 2. The van der Waals surface area contributed by atoms with Crippen molar-refractivity contribution >= 4 is 0 Å². The molecule has 1 rings (SSSR count). The van der Waals surface area contributed by atoms with Crippen LogP contribution in [0, 0.1) is 0 Å². The van der Waals surface area contributed by atoms with Crippen molar-refractivity contribution < 1.29 is 0 Å². The van der Waals surface area contributed by atoms with Crippen LogP contribution in [0.5, 0.6) is 0 Å². The lowest BCUT2D eigenvalue weighted by Crippen LogP contribution is -2.13. The molecular weight excluding hydrogens is 220 g/mol. The molecule has 0 aliphatic heterocycles. The molecule has 0 fully saturated rings. The Morgan fingerprint density at radius 3 is 1.28 bits per heavy atom. The number of hydrogen-bond acceptors (Lipinski definition) is 2. The van der Waals surface area contributed by atoms with Gasteiger partial charge in [0, 0.05) is 0 Å². The first kappa shape index (κ1) is 15.2. The van der Waals surface area contributed by atoms with Crippen molar-refractivity contribution in [1.29, 1.82) is 0 Å². The summed E-state index contributed by atoms with van der Waals surface area (Å²) in [5.74, 6) is 0. The van der Waals surface area contributed by atoms with Gasteiger partial charge < -0.3 is 9.80 Å². The largest absolute Gasteiger partial charge is 0.309 e. The third-order valence-corrected chi connectivity index (χ3v) is 3.16. The zero-order valence-electron chi connectivity index (χ0n) is 12.4. The van der Waals surface area contributed by atoms with E-state index >= 15 is 0 Å². The third-order valence-electron chi connectivity index (χ3n) is 3.16. The van der Waals surface area contributed by atoms with Gasteiger partial charge >= 0.3 is 0 Å². The van der Waals surface area contributed by atoms with E-state index in [0.29, 0.717) is 0 Å². The van der Waals surface area contributed by atoms with E-state index in [1.807, 2.05) is 0 Å². The summed E-state index contributed by atoms with van der Waals surface area (Å²) in [5.41, 5.74) is 2.93. The molecule has 0 radical (unpaired) electrons. The second kappa shape index (κ2) is 8.28. The lowest BCUT2D eigenvalue weighted by molar-refractivity contribution is 0.400. The molecule has 0 aromatic heterocycles. The molecule has 1 aromatic rings. The van der Waals surface area contributed by atoms with Gasteiger partial charge in [-0.05, 0) is 78.1 Å². The van der Waals surface area contributed by atoms with Crippen LogP contribution in [-0.4, -0.2) is 51.1 Å². The first-order valence-corrected chi connectivity index (χ1v) is 6.95. The van der Waals surface area contributed by atoms with E-state index in [9.17, 15) is 0 Å². The molecular formula is C16H28N2. The maximum atomic E-state index is 2.29. The molecule has 1 aromatic carbocycles. The summed E-state index contributed by atoms with van der Waals surface area (Å²) in [6, 6.07) is 9.17. The molecule has 2 nitrogen and oxygen atoms in total. The van der Waals surface area contributed by atoms with Crippen molar-refractivity contribution in [1.82, 2.24) is 9.80 Å². The first-order chi connectivity index (χ1) is 8.58. The summed E-state index contributed by atoms with van der Waals surface area (Å²) < 4.78 is 0. The van der Waals surface area contributed by atoms with Gasteiger partial charge in [-0.1, -0.05) is 24.3 Å². The molecule has 0 saturated heterocycles. The highest BCUT2D eigenvalue weighted by Crippen LogP contribution is 2.09. The van der Waals surface area contributed by atoms with Gasteiger partial charge in [-0.25, -0.2) is 0 Å². The average Bonchev–Trinajstić information content (AvgIpc) is 2.30. The van der Waals surface area contributed by atoms with Crippen molar-refractivity contribution in [3.63, 3.8) is 0 Å². The summed E-state index contributed by atoms with van der Waals surface area (Å²) >= 11 is 0. The van der Waals surface area contributed by atoms with E-state index in [-0.39, 0.29) is 0 Å². The number of aryl methyl sites for hydroxylation is 2. The third kappa shape index (κ3) is 6.77. The smallest absolute Gasteiger partial charge is 0.00217 e. The van der Waals surface area contributed by atoms with Crippen LogP contribution in [0.1, 0.15) is 24.0 Å². The van der Waals surface area contributed by atoms with Crippen molar-refractivity contribution in [2.75, 3.05) is 41.3 Å². The van der Waals surface area contributed by atoms with E-state index in [0.717, 1.165) is 0 Å². The summed E-state index contributed by atoms with van der Waals surface area (Å²) in [4.78, 5) is 4.49. The van der Waals surface area contributed by atoms with Gasteiger partial charge in [0.25, 0.3) is 0 Å². The van der Waals surface area contributed by atoms with E-state index in [2.05, 4.69) is 62.3 Å². The van der Waals surface area contributed by atoms with E-state index < -0.39 is 0 Å². The van der Waals surface area contributed by atoms with Gasteiger partial charge in [-0.15, -0.1) is 0 Å². The zero-order valence-corrected chi connectivity index (χ0v) is 12.4. The lowest BCUT2D eigenvalue weighted by Gasteiger charge is -2.10. The summed E-state index contributed by atoms with van der Waals surface area (Å²) in [7, 11) is 8.53. The Morgan fingerprint density at radius 1 is 0.667 bits per heavy atom. The van der Waals surface area contributed by atoms with Crippen LogP contribution in [0.4, 0.5) is 0 Å². The summed E-state index contributed by atoms with van der Waals surface area (Å²) in [6.07, 6.45) is 4.87. The second-order valence-corrected chi connectivity index (χ2v) is 5.63. The molecule has 0 saturated carbocycles. The minimum atomic E-state index is 1.17. The van der Waals surface area contributed by atoms with Crippen LogP contribution in [0.2, 0.25) is 0 Å². The Labute approximate surface area is 113 Å². The Kier molecular flexibility index (Phi) is 6.99. The van der Waals surface area contributed by atoms with Gasteiger partial charge in [-0.3, -0.25) is 0 Å². The number of benzene rings is 1. The molecule has 0 aliphatic rings. The van der Waals surface area contributed by atoms with Crippen LogP contribution < -0.4 is 0 Å². The molecule has 0 amide bonds. The van der Waals surface area contributed by atoms with Crippen molar-refractivity contribution in [2.24, 2.45) is 0 Å². The van der Waals surface area contributed by atoms with Crippen molar-refractivity contribution in [3.05, 3.63) is 35.4 Å². The zero-order chi connectivity index (χ0) is 13.4. The van der Waals surface area contributed by atoms with Crippen LogP contribution >= 0.6 is 0 Å². The number of rotatable bonds is 8. The molecule has 0 heterocycles. The maximum Gasteiger partial charge on any atom is -0.00217 e. The molecule has 0 bridgehead atoms. The van der Waals surface area contributed by atoms with Crippen LogP contribution in [-0.2, 0) is 12.8 Å². The first-order valence-electron chi connectivity index (χ1n) is 6.95. The molecule has 0 unspecified atom stereocenters. The van der Waals surface area contributed by atoms with Gasteiger partial charge in [0.2, 0.25) is 0 Å². The van der Waals surface area contributed by atoms with Crippen LogP contribution in [0.15, 0.2) is 24.3 Å². The minimum absolute atomic E-state index is 1.17. The summed E-state index contributed by atoms with van der Waals surface area (Å²) in [5, 5.41) is 0. The van der Waals surface area contributed by atoms with Gasteiger partial charge in [0.1, 0.15) is 0 Å². The van der Waals surface area contributed by atoms with Gasteiger partial charge in [0.05, 0.1) is 0 Å². The molecule has 18 heavy (non-hydrogen) atoms. The Hall–Kier alpha value is -0.860. The van der Waals surface area contributed by atoms with E-state index in [1.54, 1.807) is 0 Å². The van der Waals surface area contributed by atoms with E-state index in [4.69, 9.17) is 0 Å². The molecule has 0 spiro atoms. The van der Waals surface area contributed by atoms with Crippen LogP contribution in [0.25, 0.3) is 0 Å². The second-order valence-electron chi connectivity index (χ2n) is 5.63. The Bertz CT molecular complexity index is 281. The fourth-order valence-corrected chi connectivity index (χ4v) is 2.07. The molecule has 0 atom stereocenters. The highest BCUT2D eigenvalue weighted by atomic mass is 15.0. The molecule has 2 heteroatoms. The maximum absolute atomic E-state index is 2.29. The molecule has 102 valence electrons. The van der Waals surface area contributed by atoms with Gasteiger partial charge in [-0.2, -0.15) is 0 Å². The fraction of sp³-hybridized carbons (Fsp3) is 0.625. The predicted molar refractivity (Wildman–Crippen MR) is 80.2 cm³/mol. The minimum Gasteiger partial charge on any atom is -0.309 e. The predicted octanol–water partition coefficient (Wildman–Crippen LogP) is 2.68. The topological polar surface area (TPSA) is 6.48 Å². The quantitative estimate of drug-likeness (QED) is 0.698. The van der Waals surface area contributed by atoms with Crippen molar-refractivity contribution in [2.45, 2.75) is 25.7 Å². The molecule has 0 aliphatic carbocycles. The van der Waals surface area contributed by atoms with E-state index in [1.165, 1.54) is 49.9 Å². The van der Waals surface area contributed by atoms with Crippen LogP contribution in [0.3, 0.4) is 0 Å². The fourth-order valence-electron chi connectivity index (χ4n) is 2.07. The standard InChI is InChI=1S/C16H28N2/c1-17(2)13-5-7-15-9-11-16(12-10-15)8-6-14-18(3)4/h9-12H,5-8,13-14H2,1-4H3. The van der Waals surface area contributed by atoms with Gasteiger partial charge in [0.15, 0.2) is 0 Å². The monoisotopic (exact) mass is 248 g/mol. The van der Waals surface area contributed by atoms with Crippen molar-refractivity contribution in [3.8, 4) is 0 Å². The normalized spacial score (nSPS) is 11.4. The average molecular weight is 248 g/mol. The number of hydrogen-bond donors (Lipinski definition) is 0. The SMILES string of the molecule is CN(C)CCCc1ccc(CCCN(C)C)cc1. The lowest BCUT2D eigenvalue weighted by atomic mass is 10.0. The Balaban J connectivity index is 2.28.